The van der Waals surface area contributed by atoms with E-state index in [-0.39, 0.29) is 30.2 Å². The van der Waals surface area contributed by atoms with E-state index in [0.717, 1.165) is 0 Å². The molecule has 0 spiro atoms. The highest BCUT2D eigenvalue weighted by atomic mass is 19.1. The number of fused-ring (bicyclic) bond motifs is 1. The lowest BCUT2D eigenvalue weighted by atomic mass is 10.0. The Morgan fingerprint density at radius 3 is 2.64 bits per heavy atom. The minimum absolute atomic E-state index is 0.129. The maximum absolute atomic E-state index is 14.8. The monoisotopic (exact) mass is 497 g/mol. The molecule has 1 aliphatic carbocycles. The highest BCUT2D eigenvalue weighted by Gasteiger charge is 2.45. The number of aromatic nitrogens is 2. The number of benzene rings is 1. The molecule has 1 aliphatic heterocycles. The molecule has 2 heterocycles. The Kier molecular flexibility index (Phi) is 7.07. The number of carbonyl (C=O) groups is 2. The fourth-order valence-corrected chi connectivity index (χ4v) is 4.31. The number of carbonyl (C=O) groups excluding carboxylic acids is 2. The van der Waals surface area contributed by atoms with Gasteiger partial charge in [-0.05, 0) is 52.2 Å². The van der Waals surface area contributed by atoms with Gasteiger partial charge in [0.05, 0.1) is 17.8 Å². The molecule has 1 aromatic carbocycles. The molecular formula is C26H29F2N5O3. The quantitative estimate of drug-likeness (QED) is 0.606. The van der Waals surface area contributed by atoms with Gasteiger partial charge in [-0.1, -0.05) is 24.3 Å². The number of anilines is 1. The number of amides is 2. The van der Waals surface area contributed by atoms with Crippen LogP contribution in [-0.2, 0) is 16.8 Å². The van der Waals surface area contributed by atoms with Crippen molar-refractivity contribution in [2.24, 2.45) is 0 Å². The summed E-state index contributed by atoms with van der Waals surface area (Å²) < 4.78 is 33.8. The lowest BCUT2D eigenvalue weighted by molar-refractivity contribution is 0.0385. The first-order valence-electron chi connectivity index (χ1n) is 11.6. The second kappa shape index (κ2) is 10.1. The molecule has 0 fully saturated rings. The van der Waals surface area contributed by atoms with E-state index in [1.54, 1.807) is 24.3 Å². The predicted molar refractivity (Wildman–Crippen MR) is 131 cm³/mol. The molecule has 2 aromatic rings. The Bertz CT molecular complexity index is 1240. The molecule has 10 heteroatoms. The van der Waals surface area contributed by atoms with Crippen molar-refractivity contribution in [1.82, 2.24) is 20.0 Å². The van der Waals surface area contributed by atoms with Crippen LogP contribution >= 0.6 is 0 Å². The fraction of sp³-hybridized carbons (Fsp3) is 0.346. The molecule has 1 aromatic heterocycles. The number of hydrogen-bond donors (Lipinski definition) is 2. The van der Waals surface area contributed by atoms with Crippen LogP contribution < -0.4 is 5.32 Å². The van der Waals surface area contributed by atoms with Gasteiger partial charge in [0.1, 0.15) is 17.7 Å². The third-order valence-electron chi connectivity index (χ3n) is 6.28. The summed E-state index contributed by atoms with van der Waals surface area (Å²) in [6.45, 7) is 4.10. The molecule has 2 N–H and O–H groups in total. The first-order valence-corrected chi connectivity index (χ1v) is 11.6. The van der Waals surface area contributed by atoms with Crippen LogP contribution in [0.4, 0.5) is 19.4 Å². The third-order valence-corrected chi connectivity index (χ3v) is 6.28. The largest absolute Gasteiger partial charge is 0.440 e. The maximum atomic E-state index is 14.8. The molecule has 0 radical (unpaired) electrons. The fourth-order valence-electron chi connectivity index (χ4n) is 4.31. The third kappa shape index (κ3) is 5.08. The van der Waals surface area contributed by atoms with Gasteiger partial charge in [-0.2, -0.15) is 5.10 Å². The Labute approximate surface area is 208 Å². The van der Waals surface area contributed by atoms with Gasteiger partial charge >= 0.3 is 6.09 Å². The van der Waals surface area contributed by atoms with Crippen LogP contribution in [0.1, 0.15) is 41.9 Å². The van der Waals surface area contributed by atoms with E-state index >= 15 is 0 Å². The Hall–Kier alpha value is -3.79. The zero-order valence-corrected chi connectivity index (χ0v) is 20.6. The summed E-state index contributed by atoms with van der Waals surface area (Å²) in [7, 11) is 3.65. The minimum Gasteiger partial charge on any atom is -0.440 e. The van der Waals surface area contributed by atoms with Crippen molar-refractivity contribution in [1.29, 1.82) is 0 Å². The van der Waals surface area contributed by atoms with Crippen LogP contribution in [0.3, 0.4) is 0 Å². The zero-order valence-electron chi connectivity index (χ0n) is 20.6. The van der Waals surface area contributed by atoms with Crippen molar-refractivity contribution >= 4 is 17.8 Å². The summed E-state index contributed by atoms with van der Waals surface area (Å²) in [5.74, 6) is -0.966. The van der Waals surface area contributed by atoms with E-state index in [2.05, 4.69) is 15.5 Å². The van der Waals surface area contributed by atoms with E-state index in [9.17, 15) is 18.4 Å². The van der Waals surface area contributed by atoms with Crippen molar-refractivity contribution in [3.8, 4) is 0 Å². The van der Waals surface area contributed by atoms with E-state index in [1.807, 2.05) is 32.8 Å². The normalized spacial score (nSPS) is 17.2. The van der Waals surface area contributed by atoms with Crippen molar-refractivity contribution < 1.29 is 23.1 Å². The van der Waals surface area contributed by atoms with Gasteiger partial charge in [0.15, 0.2) is 5.82 Å². The van der Waals surface area contributed by atoms with E-state index in [1.165, 1.54) is 29.2 Å². The Morgan fingerprint density at radius 1 is 1.22 bits per heavy atom. The molecule has 0 saturated carbocycles. The molecule has 2 aliphatic rings. The molecule has 36 heavy (non-hydrogen) atoms. The van der Waals surface area contributed by atoms with Gasteiger partial charge in [0, 0.05) is 29.7 Å². The first kappa shape index (κ1) is 25.3. The van der Waals surface area contributed by atoms with Crippen LogP contribution in [-0.4, -0.2) is 58.7 Å². The lowest BCUT2D eigenvalue weighted by Crippen LogP contribution is -2.44. The number of aromatic amines is 1. The van der Waals surface area contributed by atoms with Crippen LogP contribution in [0, 0.1) is 5.82 Å². The number of hydrogen-bond acceptors (Lipinski definition) is 5. The predicted octanol–water partition coefficient (Wildman–Crippen LogP) is 4.66. The molecule has 0 saturated heterocycles. The Balaban J connectivity index is 1.53. The van der Waals surface area contributed by atoms with Gasteiger partial charge in [0.2, 0.25) is 0 Å². The number of likely N-dealkylation sites (N-methyl/N-ethyl adjacent to an activating group) is 1. The van der Waals surface area contributed by atoms with Crippen LogP contribution in [0.2, 0.25) is 0 Å². The average molecular weight is 498 g/mol. The van der Waals surface area contributed by atoms with E-state index < -0.39 is 29.5 Å². The topological polar surface area (TPSA) is 90.6 Å². The zero-order chi connectivity index (χ0) is 26.0. The number of nitrogens with zero attached hydrogens (tertiary/aromatic N) is 3. The highest BCUT2D eigenvalue weighted by Crippen LogP contribution is 2.41. The summed E-state index contributed by atoms with van der Waals surface area (Å²) in [6.07, 6.45) is 5.53. The van der Waals surface area contributed by atoms with Gasteiger partial charge < -0.3 is 15.0 Å². The highest BCUT2D eigenvalue weighted by molar-refractivity contribution is 6.04. The van der Waals surface area contributed by atoms with Crippen molar-refractivity contribution in [3.63, 3.8) is 0 Å². The SMILES string of the molecule is CN(C)CC(OC(=O)N1Cc2c(NC(=O)c3ccc(F)cc3)n[nH]c2C1(C)C)C1=C(F)CC=CC=C1. The first-order chi connectivity index (χ1) is 17.1. The van der Waals surface area contributed by atoms with E-state index in [0.29, 0.717) is 23.4 Å². The summed E-state index contributed by atoms with van der Waals surface area (Å²) >= 11 is 0. The summed E-state index contributed by atoms with van der Waals surface area (Å²) in [5, 5.41) is 9.86. The summed E-state index contributed by atoms with van der Waals surface area (Å²) in [4.78, 5) is 29.4. The van der Waals surface area contributed by atoms with Crippen LogP contribution in [0.15, 0.2) is 60.0 Å². The van der Waals surface area contributed by atoms with Gasteiger partial charge in [-0.3, -0.25) is 14.8 Å². The van der Waals surface area contributed by atoms with Crippen LogP contribution in [0.5, 0.6) is 0 Å². The second-order valence-corrected chi connectivity index (χ2v) is 9.52. The standard InChI is InChI=1S/C26H29F2N5O3/c1-26(2)22-19(23(31-30-22)29-24(34)16-10-12-17(27)13-11-16)14-33(26)25(35)36-21(15-32(3)4)18-8-6-5-7-9-20(18)28/h5-8,10-13,21H,9,14-15H2,1-4H3,(H2,29,30,31,34). The number of nitrogens with one attached hydrogen (secondary N) is 2. The van der Waals surface area contributed by atoms with Crippen molar-refractivity contribution in [2.45, 2.75) is 38.5 Å². The molecule has 4 rings (SSSR count). The van der Waals surface area contributed by atoms with Crippen molar-refractivity contribution in [2.75, 3.05) is 26.0 Å². The number of rotatable bonds is 6. The van der Waals surface area contributed by atoms with Crippen LogP contribution in [0.25, 0.3) is 0 Å². The second-order valence-electron chi connectivity index (χ2n) is 9.52. The molecule has 8 nitrogen and oxygen atoms in total. The number of allylic oxidation sites excluding steroid dienone is 4. The minimum atomic E-state index is -0.825. The molecule has 0 bridgehead atoms. The van der Waals surface area contributed by atoms with Gasteiger partial charge in [-0.15, -0.1) is 0 Å². The van der Waals surface area contributed by atoms with Crippen molar-refractivity contribution in [3.05, 3.63) is 82.6 Å². The lowest BCUT2D eigenvalue weighted by Gasteiger charge is -2.33. The molecular weight excluding hydrogens is 468 g/mol. The number of halogens is 2. The van der Waals surface area contributed by atoms with E-state index in [4.69, 9.17) is 4.74 Å². The molecule has 190 valence electrons. The van der Waals surface area contributed by atoms with Gasteiger partial charge in [0.25, 0.3) is 5.91 Å². The summed E-state index contributed by atoms with van der Waals surface area (Å²) in [6, 6.07) is 5.15. The Morgan fingerprint density at radius 2 is 1.94 bits per heavy atom. The smallest absolute Gasteiger partial charge is 0.411 e. The molecule has 1 unspecified atom stereocenters. The number of H-pyrrole nitrogens is 1. The van der Waals surface area contributed by atoms with Gasteiger partial charge in [-0.25, -0.2) is 13.6 Å². The maximum Gasteiger partial charge on any atom is 0.411 e. The molecule has 1 atom stereocenters. The number of ether oxygens (including phenoxy) is 1. The summed E-state index contributed by atoms with van der Waals surface area (Å²) in [5.41, 5.74) is 1.07. The molecule has 2 amide bonds. The average Bonchev–Trinajstić information content (AvgIpc) is 3.24.